The van der Waals surface area contributed by atoms with E-state index in [2.05, 4.69) is 75.8 Å². The molecule has 0 aliphatic heterocycles. The van der Waals surface area contributed by atoms with E-state index in [0.29, 0.717) is 39.5 Å². The van der Waals surface area contributed by atoms with Crippen molar-refractivity contribution in [1.82, 2.24) is 20.4 Å². The van der Waals surface area contributed by atoms with Gasteiger partial charge in [-0.3, -0.25) is 28.8 Å². The Balaban J connectivity index is 5.78. The SMILES string of the molecule is CCCCCCCCC(CCCCCC)C(=O)OCCCCCCN(CCCCCCOC(=O)C(CCCCCC)CCCCCCCC)CCNC(=O)CC(C)C(=O)NCCN(CCCCCCOC(=O)C(CCCCCC)CCCCCCCC)CCCCCCOC(=O)C(CCCCCC)CCCCCCCC. The van der Waals surface area contributed by atoms with Crippen LogP contribution in [0.2, 0.25) is 0 Å². The van der Waals surface area contributed by atoms with Crippen molar-refractivity contribution in [2.45, 2.75) is 480 Å². The fourth-order valence-electron chi connectivity index (χ4n) is 15.8. The molecule has 0 bridgehead atoms. The molecule has 0 saturated carbocycles. The van der Waals surface area contributed by atoms with E-state index in [9.17, 15) is 28.8 Å². The molecule has 111 heavy (non-hydrogen) atoms. The molecule has 5 unspecified atom stereocenters. The second kappa shape index (κ2) is 84.6. The van der Waals surface area contributed by atoms with E-state index in [0.717, 1.165) is 245 Å². The first kappa shape index (κ1) is 108. The summed E-state index contributed by atoms with van der Waals surface area (Å²) in [4.78, 5) is 85.7. The topological polar surface area (TPSA) is 170 Å². The van der Waals surface area contributed by atoms with Gasteiger partial charge in [0.2, 0.25) is 11.8 Å². The smallest absolute Gasteiger partial charge is 0.308 e. The Morgan fingerprint density at radius 2 is 0.423 bits per heavy atom. The highest BCUT2D eigenvalue weighted by Crippen LogP contribution is 2.26. The molecule has 2 N–H and O–H groups in total. The average Bonchev–Trinajstić information content (AvgIpc) is 0.977. The predicted octanol–water partition coefficient (Wildman–Crippen LogP) is 26.6. The van der Waals surface area contributed by atoms with Gasteiger partial charge in [0, 0.05) is 38.5 Å². The number of carbonyl (C=O) groups excluding carboxylic acids is 6. The first-order chi connectivity index (χ1) is 54.3. The van der Waals surface area contributed by atoms with Gasteiger partial charge in [-0.1, -0.05) is 371 Å². The van der Waals surface area contributed by atoms with Gasteiger partial charge in [-0.05, 0) is 129 Å². The van der Waals surface area contributed by atoms with Crippen molar-refractivity contribution in [3.63, 3.8) is 0 Å². The van der Waals surface area contributed by atoms with Crippen LogP contribution in [0.25, 0.3) is 0 Å². The van der Waals surface area contributed by atoms with E-state index in [4.69, 9.17) is 18.9 Å². The fraction of sp³-hybridized carbons (Fsp3) is 0.938. The standard InChI is InChI=1S/C97H188N4O10/c1-10-18-26-34-38-54-70-88(66-50-30-22-14-5)94(104)108-82-62-46-42-58-76-100(77-59-43-47-63-83-109-95(105)89(67-51-31-23-15-6)71-55-39-35-27-19-11-2)80-74-98-92(102)86-87(9)93(103)99-75-81-101(78-60-44-48-64-84-110-96(106)90(68-52-32-24-16-7)72-56-40-36-28-20-12-3)79-61-45-49-65-85-111-97(107)91(69-53-33-25-17-8)73-57-41-37-29-21-13-4/h87-91H,10-86H2,1-9H3,(H,98,102)(H,99,103). The van der Waals surface area contributed by atoms with Crippen LogP contribution in [0.5, 0.6) is 0 Å². The van der Waals surface area contributed by atoms with E-state index >= 15 is 0 Å². The molecule has 0 heterocycles. The van der Waals surface area contributed by atoms with Crippen molar-refractivity contribution in [3.8, 4) is 0 Å². The summed E-state index contributed by atoms with van der Waals surface area (Å²) in [5.41, 5.74) is 0. The number of carbonyl (C=O) groups is 6. The summed E-state index contributed by atoms with van der Waals surface area (Å²) >= 11 is 0. The normalized spacial score (nSPS) is 13.0. The van der Waals surface area contributed by atoms with Crippen molar-refractivity contribution in [3.05, 3.63) is 0 Å². The van der Waals surface area contributed by atoms with Crippen LogP contribution in [0.3, 0.4) is 0 Å². The molecular formula is C97H188N4O10. The lowest BCUT2D eigenvalue weighted by molar-refractivity contribution is -0.150. The van der Waals surface area contributed by atoms with Crippen LogP contribution < -0.4 is 10.6 Å². The Labute approximate surface area is 688 Å². The summed E-state index contributed by atoms with van der Waals surface area (Å²) in [6.07, 6.45) is 71.9. The molecule has 14 heteroatoms. The maximum Gasteiger partial charge on any atom is 0.308 e. The Hall–Kier alpha value is -3.26. The third kappa shape index (κ3) is 70.7. The molecule has 0 fully saturated rings. The van der Waals surface area contributed by atoms with Gasteiger partial charge in [0.05, 0.1) is 50.1 Å². The molecule has 0 saturated heterocycles. The summed E-state index contributed by atoms with van der Waals surface area (Å²) in [6.45, 7) is 27.9. The summed E-state index contributed by atoms with van der Waals surface area (Å²) < 4.78 is 23.8. The van der Waals surface area contributed by atoms with Crippen LogP contribution in [0.15, 0.2) is 0 Å². The minimum atomic E-state index is -0.468. The molecule has 14 nitrogen and oxygen atoms in total. The van der Waals surface area contributed by atoms with E-state index < -0.39 is 5.92 Å². The van der Waals surface area contributed by atoms with Crippen molar-refractivity contribution in [1.29, 1.82) is 0 Å². The molecule has 5 atom stereocenters. The lowest BCUT2D eigenvalue weighted by Crippen LogP contribution is -2.40. The summed E-state index contributed by atoms with van der Waals surface area (Å²) in [6, 6.07) is 0. The van der Waals surface area contributed by atoms with Gasteiger partial charge in [0.25, 0.3) is 0 Å². The number of rotatable bonds is 89. The van der Waals surface area contributed by atoms with Gasteiger partial charge < -0.3 is 39.4 Å². The van der Waals surface area contributed by atoms with Gasteiger partial charge >= 0.3 is 23.9 Å². The number of ether oxygens (including phenoxy) is 4. The molecule has 0 radical (unpaired) electrons. The minimum Gasteiger partial charge on any atom is -0.465 e. The lowest BCUT2D eigenvalue weighted by Gasteiger charge is -2.23. The second-order valence-corrected chi connectivity index (χ2v) is 34.2. The first-order valence-electron chi connectivity index (χ1n) is 49.0. The number of nitrogens with zero attached hydrogens (tertiary/aromatic N) is 2. The lowest BCUT2D eigenvalue weighted by atomic mass is 9.94. The Kier molecular flexibility index (Phi) is 82.2. The van der Waals surface area contributed by atoms with Crippen LogP contribution in [0.1, 0.15) is 480 Å². The molecule has 0 aliphatic carbocycles. The van der Waals surface area contributed by atoms with Gasteiger partial charge in [-0.2, -0.15) is 0 Å². The maximum atomic E-state index is 13.7. The molecule has 0 aliphatic rings. The molecule has 0 aromatic rings. The van der Waals surface area contributed by atoms with E-state index in [1.165, 1.54) is 205 Å². The molecule has 0 aromatic carbocycles. The van der Waals surface area contributed by atoms with Crippen LogP contribution in [-0.2, 0) is 47.7 Å². The van der Waals surface area contributed by atoms with E-state index in [1.807, 2.05) is 6.92 Å². The van der Waals surface area contributed by atoms with Crippen LogP contribution in [-0.4, -0.2) is 124 Å². The molecule has 656 valence electrons. The number of hydrogen-bond donors (Lipinski definition) is 2. The fourth-order valence-corrected chi connectivity index (χ4v) is 15.8. The van der Waals surface area contributed by atoms with E-state index in [-0.39, 0.29) is 65.8 Å². The van der Waals surface area contributed by atoms with Crippen molar-refractivity contribution in [2.24, 2.45) is 29.6 Å². The molecular weight excluding hydrogens is 1380 g/mol. The highest BCUT2D eigenvalue weighted by atomic mass is 16.5. The largest absolute Gasteiger partial charge is 0.465 e. The number of nitrogens with one attached hydrogen (secondary N) is 2. The quantitative estimate of drug-likeness (QED) is 0.0336. The van der Waals surface area contributed by atoms with E-state index in [1.54, 1.807) is 0 Å². The summed E-state index contributed by atoms with van der Waals surface area (Å²) in [5, 5.41) is 6.37. The van der Waals surface area contributed by atoms with Crippen molar-refractivity contribution in [2.75, 3.05) is 78.8 Å². The number of esters is 4. The predicted molar refractivity (Wildman–Crippen MR) is 471 cm³/mol. The highest BCUT2D eigenvalue weighted by molar-refractivity contribution is 5.85. The Bertz CT molecular complexity index is 1930. The molecule has 0 aromatic heterocycles. The average molecular weight is 1570 g/mol. The number of hydrogen-bond acceptors (Lipinski definition) is 12. The van der Waals surface area contributed by atoms with Gasteiger partial charge in [0.1, 0.15) is 0 Å². The Morgan fingerprint density at radius 1 is 0.234 bits per heavy atom. The van der Waals surface area contributed by atoms with Gasteiger partial charge in [-0.25, -0.2) is 0 Å². The minimum absolute atomic E-state index is 0.0107. The Morgan fingerprint density at radius 3 is 0.658 bits per heavy atom. The molecule has 0 spiro atoms. The summed E-state index contributed by atoms with van der Waals surface area (Å²) in [5.74, 6) is -0.539. The van der Waals surface area contributed by atoms with Crippen molar-refractivity contribution < 1.29 is 47.7 Å². The zero-order chi connectivity index (χ0) is 81.2. The molecule has 2 amide bonds. The highest BCUT2D eigenvalue weighted by Gasteiger charge is 2.24. The zero-order valence-corrected chi connectivity index (χ0v) is 75.3. The zero-order valence-electron chi connectivity index (χ0n) is 75.3. The summed E-state index contributed by atoms with van der Waals surface area (Å²) in [7, 11) is 0. The second-order valence-electron chi connectivity index (χ2n) is 34.2. The monoisotopic (exact) mass is 1570 g/mol. The maximum absolute atomic E-state index is 13.7. The molecule has 0 rings (SSSR count). The van der Waals surface area contributed by atoms with Gasteiger partial charge in [0.15, 0.2) is 0 Å². The number of unbranched alkanes of at least 4 members (excludes halogenated alkanes) is 44. The van der Waals surface area contributed by atoms with Crippen molar-refractivity contribution >= 4 is 35.7 Å². The first-order valence-corrected chi connectivity index (χ1v) is 49.0. The van der Waals surface area contributed by atoms with Crippen LogP contribution >= 0.6 is 0 Å². The number of amides is 2. The van der Waals surface area contributed by atoms with Crippen LogP contribution in [0.4, 0.5) is 0 Å². The third-order valence-corrected chi connectivity index (χ3v) is 23.5. The van der Waals surface area contributed by atoms with Crippen LogP contribution in [0, 0.1) is 29.6 Å². The van der Waals surface area contributed by atoms with Gasteiger partial charge in [-0.15, -0.1) is 0 Å². The third-order valence-electron chi connectivity index (χ3n) is 23.5.